The van der Waals surface area contributed by atoms with E-state index in [1.807, 2.05) is 19.1 Å². The molecule has 1 aliphatic carbocycles. The molecular weight excluding hydrogens is 436 g/mol. The van der Waals surface area contributed by atoms with Crippen LogP contribution in [0.25, 0.3) is 5.65 Å². The summed E-state index contributed by atoms with van der Waals surface area (Å²) in [6.07, 6.45) is 3.80. The van der Waals surface area contributed by atoms with Gasteiger partial charge in [0.1, 0.15) is 23.9 Å². The molecule has 1 N–H and O–H groups in total. The molecule has 0 radical (unpaired) electrons. The SMILES string of the molecule is CCc1cccc(F)c1COc1cccn2c(C(=O)N[C@H]3CCc4cccc(F)c43)c(C)nc12. The molecule has 2 aromatic heterocycles. The van der Waals surface area contributed by atoms with Gasteiger partial charge in [-0.1, -0.05) is 31.2 Å². The topological polar surface area (TPSA) is 55.6 Å². The second-order valence-electron chi connectivity index (χ2n) is 8.51. The lowest BCUT2D eigenvalue weighted by Crippen LogP contribution is -2.29. The summed E-state index contributed by atoms with van der Waals surface area (Å²) in [5.74, 6) is -0.488. The molecule has 0 saturated heterocycles. The highest BCUT2D eigenvalue weighted by molar-refractivity contribution is 5.95. The summed E-state index contributed by atoms with van der Waals surface area (Å²) in [4.78, 5) is 17.8. The van der Waals surface area contributed by atoms with Crippen molar-refractivity contribution in [1.82, 2.24) is 14.7 Å². The highest BCUT2D eigenvalue weighted by Crippen LogP contribution is 2.33. The van der Waals surface area contributed by atoms with Gasteiger partial charge in [0.05, 0.1) is 11.7 Å². The van der Waals surface area contributed by atoms with Crippen LogP contribution in [0.4, 0.5) is 8.78 Å². The van der Waals surface area contributed by atoms with Crippen LogP contribution < -0.4 is 10.1 Å². The molecule has 0 spiro atoms. The van der Waals surface area contributed by atoms with Gasteiger partial charge >= 0.3 is 0 Å². The lowest BCUT2D eigenvalue weighted by molar-refractivity contribution is 0.0929. The Balaban J connectivity index is 1.42. The number of halogens is 2. The molecule has 174 valence electrons. The predicted molar refractivity (Wildman–Crippen MR) is 125 cm³/mol. The number of hydrogen-bond donors (Lipinski definition) is 1. The monoisotopic (exact) mass is 461 g/mol. The van der Waals surface area contributed by atoms with Gasteiger partial charge in [-0.05, 0) is 61.6 Å². The van der Waals surface area contributed by atoms with Gasteiger partial charge in [-0.15, -0.1) is 0 Å². The average Bonchev–Trinajstić information content (AvgIpc) is 3.39. The van der Waals surface area contributed by atoms with Crippen molar-refractivity contribution in [3.63, 3.8) is 0 Å². The molecule has 5 rings (SSSR count). The van der Waals surface area contributed by atoms with E-state index in [0.717, 1.165) is 17.5 Å². The Hall–Kier alpha value is -3.74. The van der Waals surface area contributed by atoms with Crippen molar-refractivity contribution in [2.45, 2.75) is 45.8 Å². The van der Waals surface area contributed by atoms with Crippen LogP contribution in [-0.2, 0) is 19.4 Å². The van der Waals surface area contributed by atoms with E-state index in [1.165, 1.54) is 12.1 Å². The number of aryl methyl sites for hydroxylation is 3. The second kappa shape index (κ2) is 8.89. The zero-order valence-corrected chi connectivity index (χ0v) is 19.1. The van der Waals surface area contributed by atoms with Gasteiger partial charge in [-0.25, -0.2) is 13.8 Å². The van der Waals surface area contributed by atoms with E-state index in [4.69, 9.17) is 4.74 Å². The first-order valence-corrected chi connectivity index (χ1v) is 11.4. The van der Waals surface area contributed by atoms with E-state index < -0.39 is 0 Å². The normalized spacial score (nSPS) is 14.9. The van der Waals surface area contributed by atoms with Gasteiger partial charge in [-0.2, -0.15) is 0 Å². The van der Waals surface area contributed by atoms with Gasteiger partial charge in [0.25, 0.3) is 5.91 Å². The van der Waals surface area contributed by atoms with Crippen molar-refractivity contribution >= 4 is 11.6 Å². The molecule has 1 amide bonds. The number of aromatic nitrogens is 2. The number of amides is 1. The molecule has 2 heterocycles. The fourth-order valence-electron chi connectivity index (χ4n) is 4.79. The van der Waals surface area contributed by atoms with Crippen molar-refractivity contribution in [2.24, 2.45) is 0 Å². The summed E-state index contributed by atoms with van der Waals surface area (Å²) in [7, 11) is 0. The third kappa shape index (κ3) is 3.81. The molecule has 0 bridgehead atoms. The molecule has 0 unspecified atom stereocenters. The number of carbonyl (C=O) groups is 1. The molecule has 0 saturated carbocycles. The Morgan fingerprint density at radius 3 is 2.76 bits per heavy atom. The third-order valence-electron chi connectivity index (χ3n) is 6.47. The summed E-state index contributed by atoms with van der Waals surface area (Å²) in [5, 5.41) is 2.98. The highest BCUT2D eigenvalue weighted by Gasteiger charge is 2.29. The van der Waals surface area contributed by atoms with E-state index in [9.17, 15) is 13.6 Å². The van der Waals surface area contributed by atoms with Gasteiger partial charge in [-0.3, -0.25) is 9.20 Å². The maximum absolute atomic E-state index is 14.4. The maximum atomic E-state index is 14.4. The van der Waals surface area contributed by atoms with Crippen molar-refractivity contribution in [1.29, 1.82) is 0 Å². The lowest BCUT2D eigenvalue weighted by Gasteiger charge is -2.15. The molecule has 2 aromatic carbocycles. The predicted octanol–water partition coefficient (Wildman–Crippen LogP) is 5.48. The lowest BCUT2D eigenvalue weighted by atomic mass is 10.1. The zero-order valence-electron chi connectivity index (χ0n) is 19.1. The first-order valence-electron chi connectivity index (χ1n) is 11.4. The van der Waals surface area contributed by atoms with Crippen LogP contribution >= 0.6 is 0 Å². The number of benzene rings is 2. The standard InChI is InChI=1S/C27H25F2N3O2/c1-3-17-7-4-9-20(28)19(17)15-34-23-11-6-14-32-25(16(2)30-26(23)32)27(33)31-22-13-12-18-8-5-10-21(29)24(18)22/h4-11,14,22H,3,12-13,15H2,1-2H3,(H,31,33)/t22-/m0/s1. The number of hydrogen-bond acceptors (Lipinski definition) is 3. The molecule has 5 nitrogen and oxygen atoms in total. The molecule has 4 aromatic rings. The minimum absolute atomic E-state index is 0.0566. The summed E-state index contributed by atoms with van der Waals surface area (Å²) in [6, 6.07) is 13.1. The summed E-state index contributed by atoms with van der Waals surface area (Å²) in [6.45, 7) is 3.78. The average molecular weight is 462 g/mol. The summed E-state index contributed by atoms with van der Waals surface area (Å²) in [5.41, 5.74) is 4.24. The molecule has 0 fully saturated rings. The van der Waals surface area contributed by atoms with Crippen LogP contribution in [0.2, 0.25) is 0 Å². The number of imidazole rings is 1. The number of rotatable bonds is 6. The molecule has 1 atom stereocenters. The quantitative estimate of drug-likeness (QED) is 0.414. The Bertz CT molecular complexity index is 1400. The maximum Gasteiger partial charge on any atom is 0.270 e. The van der Waals surface area contributed by atoms with Gasteiger partial charge < -0.3 is 10.1 Å². The van der Waals surface area contributed by atoms with Crippen LogP contribution in [0.1, 0.15) is 57.8 Å². The minimum atomic E-state index is -0.387. The fourth-order valence-corrected chi connectivity index (χ4v) is 4.79. The molecule has 34 heavy (non-hydrogen) atoms. The van der Waals surface area contributed by atoms with Crippen LogP contribution in [-0.4, -0.2) is 15.3 Å². The van der Waals surface area contributed by atoms with Crippen molar-refractivity contribution in [3.8, 4) is 5.75 Å². The number of carbonyl (C=O) groups excluding carboxylic acids is 1. The van der Waals surface area contributed by atoms with Gasteiger partial charge in [0.15, 0.2) is 11.4 Å². The number of ether oxygens (including phenoxy) is 1. The van der Waals surface area contributed by atoms with E-state index in [0.29, 0.717) is 46.8 Å². The smallest absolute Gasteiger partial charge is 0.270 e. The Morgan fingerprint density at radius 2 is 1.94 bits per heavy atom. The number of pyridine rings is 1. The van der Waals surface area contributed by atoms with Crippen LogP contribution in [0, 0.1) is 18.6 Å². The van der Waals surface area contributed by atoms with E-state index >= 15 is 0 Å². The Labute approximate surface area is 196 Å². The van der Waals surface area contributed by atoms with Gasteiger partial charge in [0, 0.05) is 17.3 Å². The molecular formula is C27H25F2N3O2. The summed E-state index contributed by atoms with van der Waals surface area (Å²) >= 11 is 0. The third-order valence-corrected chi connectivity index (χ3v) is 6.47. The van der Waals surface area contributed by atoms with Crippen molar-refractivity contribution in [3.05, 3.63) is 100 Å². The Morgan fingerprint density at radius 1 is 1.15 bits per heavy atom. The first kappa shape index (κ1) is 22.1. The number of nitrogens with one attached hydrogen (secondary N) is 1. The fraction of sp³-hybridized carbons (Fsp3) is 0.259. The Kier molecular flexibility index (Phi) is 5.77. The van der Waals surface area contributed by atoms with Crippen LogP contribution in [0.5, 0.6) is 5.75 Å². The zero-order chi connectivity index (χ0) is 23.8. The van der Waals surface area contributed by atoms with Crippen LogP contribution in [0.3, 0.4) is 0 Å². The van der Waals surface area contributed by atoms with Crippen LogP contribution in [0.15, 0.2) is 54.7 Å². The van der Waals surface area contributed by atoms with E-state index in [2.05, 4.69) is 10.3 Å². The number of nitrogens with zero attached hydrogens (tertiary/aromatic N) is 2. The van der Waals surface area contributed by atoms with E-state index in [-0.39, 0.29) is 30.2 Å². The van der Waals surface area contributed by atoms with E-state index in [1.54, 1.807) is 41.8 Å². The first-order chi connectivity index (χ1) is 16.5. The molecule has 7 heteroatoms. The van der Waals surface area contributed by atoms with Crippen molar-refractivity contribution in [2.75, 3.05) is 0 Å². The van der Waals surface area contributed by atoms with Crippen molar-refractivity contribution < 1.29 is 18.3 Å². The van der Waals surface area contributed by atoms with Gasteiger partial charge in [0.2, 0.25) is 0 Å². The largest absolute Gasteiger partial charge is 0.485 e. The minimum Gasteiger partial charge on any atom is -0.485 e. The summed E-state index contributed by atoms with van der Waals surface area (Å²) < 4.78 is 36.4. The molecule has 0 aliphatic heterocycles. The highest BCUT2D eigenvalue weighted by atomic mass is 19.1. The number of fused-ring (bicyclic) bond motifs is 2. The second-order valence-corrected chi connectivity index (χ2v) is 8.51. The molecule has 1 aliphatic rings.